The molecule has 0 saturated heterocycles. The summed E-state index contributed by atoms with van der Waals surface area (Å²) in [5.41, 5.74) is 0.0281. The maximum absolute atomic E-state index is 10.9. The summed E-state index contributed by atoms with van der Waals surface area (Å²) < 4.78 is 4.37. The minimum absolute atomic E-state index is 0.0281. The highest BCUT2D eigenvalue weighted by Crippen LogP contribution is 2.11. The lowest BCUT2D eigenvalue weighted by molar-refractivity contribution is -0.136. The number of hydrogen-bond acceptors (Lipinski definition) is 5. The van der Waals surface area contributed by atoms with Gasteiger partial charge in [0.15, 0.2) is 0 Å². The molecule has 0 heterocycles. The van der Waals surface area contributed by atoms with E-state index >= 15 is 0 Å². The normalized spacial score (nSPS) is 16.3. The number of ether oxygens (including phenoxy) is 1. The number of rotatable bonds is 6. The van der Waals surface area contributed by atoms with Gasteiger partial charge in [-0.2, -0.15) is 0 Å². The number of aliphatic hydroxyl groups is 3. The quantitative estimate of drug-likeness (QED) is 0.313. The van der Waals surface area contributed by atoms with Crippen molar-refractivity contribution in [2.24, 2.45) is 0 Å². The third kappa shape index (κ3) is 4.24. The summed E-state index contributed by atoms with van der Waals surface area (Å²) in [6.07, 6.45) is -3.01. The fourth-order valence-electron chi connectivity index (χ4n) is 0.968. The Morgan fingerprint density at radius 3 is 2.40 bits per heavy atom. The largest absolute Gasteiger partial charge is 0.466 e. The van der Waals surface area contributed by atoms with Crippen LogP contribution in [-0.4, -0.2) is 46.7 Å². The van der Waals surface area contributed by atoms with Crippen LogP contribution in [0, 0.1) is 0 Å². The summed E-state index contributed by atoms with van der Waals surface area (Å²) in [7, 11) is 1.19. The molecule has 15 heavy (non-hydrogen) atoms. The van der Waals surface area contributed by atoms with Crippen LogP contribution in [0.1, 0.15) is 6.42 Å². The number of carbonyl (C=O) groups is 1. The maximum Gasteiger partial charge on any atom is 0.333 e. The van der Waals surface area contributed by atoms with E-state index in [0.717, 1.165) is 6.08 Å². The average Bonchev–Trinajstić information content (AvgIpc) is 2.25. The van der Waals surface area contributed by atoms with Crippen molar-refractivity contribution in [2.45, 2.75) is 24.7 Å². The fraction of sp³-hybridized carbons (Fsp3) is 0.500. The SMILES string of the molecule is C=C[C@@H](O)[C@H](O)[C@@H](O)CC(=C)C(=O)OC. The van der Waals surface area contributed by atoms with Gasteiger partial charge in [0.2, 0.25) is 0 Å². The molecule has 5 heteroatoms. The Kier molecular flexibility index (Phi) is 5.84. The molecule has 3 N–H and O–H groups in total. The Morgan fingerprint density at radius 2 is 2.00 bits per heavy atom. The Morgan fingerprint density at radius 1 is 1.47 bits per heavy atom. The molecule has 0 amide bonds. The van der Waals surface area contributed by atoms with E-state index in [4.69, 9.17) is 5.11 Å². The summed E-state index contributed by atoms with van der Waals surface area (Å²) >= 11 is 0. The summed E-state index contributed by atoms with van der Waals surface area (Å²) in [6, 6.07) is 0. The van der Waals surface area contributed by atoms with Crippen molar-refractivity contribution in [3.05, 3.63) is 24.8 Å². The van der Waals surface area contributed by atoms with Crippen LogP contribution < -0.4 is 0 Å². The van der Waals surface area contributed by atoms with Gasteiger partial charge in [0, 0.05) is 12.0 Å². The minimum Gasteiger partial charge on any atom is -0.466 e. The second kappa shape index (κ2) is 6.34. The Balaban J connectivity index is 4.24. The van der Waals surface area contributed by atoms with E-state index in [-0.39, 0.29) is 12.0 Å². The molecule has 0 aliphatic rings. The van der Waals surface area contributed by atoms with Gasteiger partial charge in [0.05, 0.1) is 13.2 Å². The van der Waals surface area contributed by atoms with Crippen molar-refractivity contribution in [1.82, 2.24) is 0 Å². The van der Waals surface area contributed by atoms with E-state index in [1.807, 2.05) is 0 Å². The average molecular weight is 216 g/mol. The maximum atomic E-state index is 10.9. The molecule has 0 spiro atoms. The second-order valence-corrected chi connectivity index (χ2v) is 3.08. The first-order valence-electron chi connectivity index (χ1n) is 4.36. The lowest BCUT2D eigenvalue weighted by Crippen LogP contribution is -2.36. The number of aliphatic hydroxyl groups excluding tert-OH is 3. The van der Waals surface area contributed by atoms with Crippen LogP contribution in [0.3, 0.4) is 0 Å². The zero-order chi connectivity index (χ0) is 12.0. The Bertz CT molecular complexity index is 248. The highest BCUT2D eigenvalue weighted by Gasteiger charge is 2.24. The van der Waals surface area contributed by atoms with Gasteiger partial charge in [0.25, 0.3) is 0 Å². The topological polar surface area (TPSA) is 87.0 Å². The summed E-state index contributed by atoms with van der Waals surface area (Å²) in [5.74, 6) is -0.658. The smallest absolute Gasteiger partial charge is 0.333 e. The monoisotopic (exact) mass is 216 g/mol. The van der Waals surface area contributed by atoms with Gasteiger partial charge in [-0.05, 0) is 0 Å². The molecule has 3 atom stereocenters. The molecular weight excluding hydrogens is 200 g/mol. The van der Waals surface area contributed by atoms with E-state index in [1.54, 1.807) is 0 Å². The van der Waals surface area contributed by atoms with Crippen LogP contribution >= 0.6 is 0 Å². The lowest BCUT2D eigenvalue weighted by Gasteiger charge is -2.20. The molecule has 0 aromatic heterocycles. The number of carbonyl (C=O) groups excluding carboxylic acids is 1. The van der Waals surface area contributed by atoms with Gasteiger partial charge in [-0.1, -0.05) is 12.7 Å². The first-order chi connectivity index (χ1) is 6.93. The molecule has 0 bridgehead atoms. The summed E-state index contributed by atoms with van der Waals surface area (Å²) in [5, 5.41) is 27.9. The third-order valence-corrected chi connectivity index (χ3v) is 1.92. The fourth-order valence-corrected chi connectivity index (χ4v) is 0.968. The molecule has 5 nitrogen and oxygen atoms in total. The molecule has 86 valence electrons. The van der Waals surface area contributed by atoms with E-state index in [9.17, 15) is 15.0 Å². The Labute approximate surface area is 88.3 Å². The van der Waals surface area contributed by atoms with Gasteiger partial charge in [-0.3, -0.25) is 0 Å². The van der Waals surface area contributed by atoms with Crippen LogP contribution in [-0.2, 0) is 9.53 Å². The second-order valence-electron chi connectivity index (χ2n) is 3.08. The van der Waals surface area contributed by atoms with Crippen molar-refractivity contribution < 1.29 is 24.9 Å². The Hall–Kier alpha value is -1.17. The van der Waals surface area contributed by atoms with E-state index in [2.05, 4.69) is 17.9 Å². The molecule has 0 aliphatic heterocycles. The molecule has 0 aromatic carbocycles. The van der Waals surface area contributed by atoms with Gasteiger partial charge < -0.3 is 20.1 Å². The first-order valence-corrected chi connectivity index (χ1v) is 4.36. The molecule has 0 aliphatic carbocycles. The standard InChI is InChI=1S/C10H16O5/c1-4-7(11)9(13)8(12)5-6(2)10(14)15-3/h4,7-9,11-13H,1-2,5H2,3H3/t7-,8+,9+/m1/s1. The number of methoxy groups -OCH3 is 1. The van der Waals surface area contributed by atoms with E-state index < -0.39 is 24.3 Å². The van der Waals surface area contributed by atoms with Crippen molar-refractivity contribution in [3.8, 4) is 0 Å². The van der Waals surface area contributed by atoms with Gasteiger partial charge in [-0.15, -0.1) is 6.58 Å². The summed E-state index contributed by atoms with van der Waals surface area (Å²) in [6.45, 7) is 6.64. The molecule has 0 saturated carbocycles. The number of esters is 1. The number of hydrogen-bond donors (Lipinski definition) is 3. The van der Waals surface area contributed by atoms with Gasteiger partial charge >= 0.3 is 5.97 Å². The van der Waals surface area contributed by atoms with Crippen LogP contribution in [0.5, 0.6) is 0 Å². The van der Waals surface area contributed by atoms with Gasteiger partial charge in [0.1, 0.15) is 12.2 Å². The molecule has 0 unspecified atom stereocenters. The van der Waals surface area contributed by atoms with Crippen LogP contribution in [0.4, 0.5) is 0 Å². The van der Waals surface area contributed by atoms with Gasteiger partial charge in [-0.25, -0.2) is 4.79 Å². The molecule has 0 rings (SSSR count). The van der Waals surface area contributed by atoms with E-state index in [1.165, 1.54) is 7.11 Å². The molecule has 0 aromatic rings. The van der Waals surface area contributed by atoms with Crippen LogP contribution in [0.15, 0.2) is 24.8 Å². The summed E-state index contributed by atoms with van der Waals surface area (Å²) in [4.78, 5) is 10.9. The zero-order valence-electron chi connectivity index (χ0n) is 8.59. The highest BCUT2D eigenvalue weighted by molar-refractivity contribution is 5.87. The highest BCUT2D eigenvalue weighted by atomic mass is 16.5. The van der Waals surface area contributed by atoms with Crippen LogP contribution in [0.25, 0.3) is 0 Å². The molecule has 0 fully saturated rings. The zero-order valence-corrected chi connectivity index (χ0v) is 8.59. The van der Waals surface area contributed by atoms with Crippen molar-refractivity contribution >= 4 is 5.97 Å². The molecule has 0 radical (unpaired) electrons. The third-order valence-electron chi connectivity index (χ3n) is 1.92. The van der Waals surface area contributed by atoms with Crippen LogP contribution in [0.2, 0.25) is 0 Å². The van der Waals surface area contributed by atoms with Crippen molar-refractivity contribution in [2.75, 3.05) is 7.11 Å². The predicted octanol–water partition coefficient (Wildman–Crippen LogP) is -0.626. The van der Waals surface area contributed by atoms with E-state index in [0.29, 0.717) is 0 Å². The van der Waals surface area contributed by atoms with Crippen molar-refractivity contribution in [1.29, 1.82) is 0 Å². The van der Waals surface area contributed by atoms with Crippen molar-refractivity contribution in [3.63, 3.8) is 0 Å². The lowest BCUT2D eigenvalue weighted by atomic mass is 10.0. The molecular formula is C10H16O5. The minimum atomic E-state index is -1.40. The first kappa shape index (κ1) is 13.8. The predicted molar refractivity (Wildman–Crippen MR) is 54.0 cm³/mol.